The molecule has 0 aromatic carbocycles. The van der Waals surface area contributed by atoms with Crippen LogP contribution in [0.15, 0.2) is 18.3 Å². The number of carbonyl (C=O) groups is 2. The Kier molecular flexibility index (Phi) is 5.64. The molecule has 0 saturated carbocycles. The van der Waals surface area contributed by atoms with Crippen LogP contribution in [-0.2, 0) is 0 Å². The summed E-state index contributed by atoms with van der Waals surface area (Å²) in [5, 5.41) is 9.13. The third kappa shape index (κ3) is 3.77. The zero-order valence-electron chi connectivity index (χ0n) is 12.3. The maximum atomic E-state index is 12.5. The molecule has 6 heteroatoms. The number of aromatic nitrogens is 1. The third-order valence-electron chi connectivity index (χ3n) is 3.00. The van der Waals surface area contributed by atoms with Crippen molar-refractivity contribution in [1.29, 1.82) is 0 Å². The van der Waals surface area contributed by atoms with Gasteiger partial charge in [-0.15, -0.1) is 0 Å². The van der Waals surface area contributed by atoms with Gasteiger partial charge in [-0.2, -0.15) is 0 Å². The Labute approximate surface area is 119 Å². The van der Waals surface area contributed by atoms with Gasteiger partial charge in [-0.1, -0.05) is 0 Å². The van der Waals surface area contributed by atoms with Crippen LogP contribution < -0.4 is 0 Å². The Hall–Kier alpha value is -1.95. The molecule has 1 heterocycles. The highest BCUT2D eigenvalue weighted by Crippen LogP contribution is 2.12. The van der Waals surface area contributed by atoms with E-state index in [0.29, 0.717) is 13.1 Å². The fraction of sp³-hybridized carbons (Fsp3) is 0.500. The largest absolute Gasteiger partial charge is 0.478 e. The molecule has 0 radical (unpaired) electrons. The average molecular weight is 279 g/mol. The fourth-order valence-corrected chi connectivity index (χ4v) is 2.17. The molecule has 0 bridgehead atoms. The van der Waals surface area contributed by atoms with E-state index in [-0.39, 0.29) is 23.2 Å². The second-order valence-electron chi connectivity index (χ2n) is 4.91. The molecule has 0 aliphatic carbocycles. The normalized spacial score (nSPS) is 12.2. The third-order valence-corrected chi connectivity index (χ3v) is 3.00. The van der Waals surface area contributed by atoms with E-state index in [4.69, 9.17) is 5.11 Å². The van der Waals surface area contributed by atoms with Crippen molar-refractivity contribution < 1.29 is 14.7 Å². The number of aromatic carboxylic acids is 1. The molecule has 110 valence electrons. The summed E-state index contributed by atoms with van der Waals surface area (Å²) in [6.45, 7) is 5.01. The van der Waals surface area contributed by atoms with Gasteiger partial charge in [0.2, 0.25) is 0 Å². The van der Waals surface area contributed by atoms with Crippen molar-refractivity contribution in [3.63, 3.8) is 0 Å². The first-order chi connectivity index (χ1) is 9.38. The zero-order chi connectivity index (χ0) is 15.3. The number of amides is 1. The second kappa shape index (κ2) is 7.00. The van der Waals surface area contributed by atoms with Crippen LogP contribution in [0, 0.1) is 0 Å². The van der Waals surface area contributed by atoms with Crippen molar-refractivity contribution in [2.24, 2.45) is 0 Å². The number of hydrogen-bond acceptors (Lipinski definition) is 4. The fourth-order valence-electron chi connectivity index (χ4n) is 2.17. The molecule has 0 fully saturated rings. The van der Waals surface area contributed by atoms with Crippen LogP contribution in [0.1, 0.15) is 34.7 Å². The highest BCUT2D eigenvalue weighted by atomic mass is 16.4. The molecule has 0 spiro atoms. The SMILES string of the molecule is CCN(C(=O)c1ncccc1C(=O)O)C(C)CN(C)C. The van der Waals surface area contributed by atoms with Crippen molar-refractivity contribution in [3.05, 3.63) is 29.6 Å². The zero-order valence-corrected chi connectivity index (χ0v) is 12.3. The Bertz CT molecular complexity index is 488. The predicted molar refractivity (Wildman–Crippen MR) is 75.9 cm³/mol. The molecular weight excluding hydrogens is 258 g/mol. The summed E-state index contributed by atoms with van der Waals surface area (Å²) in [7, 11) is 3.86. The van der Waals surface area contributed by atoms with Gasteiger partial charge in [0.25, 0.3) is 5.91 Å². The van der Waals surface area contributed by atoms with Gasteiger partial charge in [0, 0.05) is 25.3 Å². The standard InChI is InChI=1S/C14H21N3O3/c1-5-17(10(2)9-16(3)4)13(18)12-11(14(19)20)7-6-8-15-12/h6-8,10H,5,9H2,1-4H3,(H,19,20). The maximum Gasteiger partial charge on any atom is 0.338 e. The van der Waals surface area contributed by atoms with Crippen LogP contribution in [-0.4, -0.2) is 65.0 Å². The van der Waals surface area contributed by atoms with Gasteiger partial charge in [0.05, 0.1) is 5.56 Å². The summed E-state index contributed by atoms with van der Waals surface area (Å²) in [6, 6.07) is 2.89. The first kappa shape index (κ1) is 16.1. The molecule has 0 saturated heterocycles. The summed E-state index contributed by atoms with van der Waals surface area (Å²) < 4.78 is 0. The number of carboxylic acids is 1. The minimum absolute atomic E-state index is 0.00699. The lowest BCUT2D eigenvalue weighted by Gasteiger charge is -2.30. The number of carboxylic acid groups (broad SMARTS) is 1. The monoisotopic (exact) mass is 279 g/mol. The first-order valence-corrected chi connectivity index (χ1v) is 6.52. The topological polar surface area (TPSA) is 73.7 Å². The number of carbonyl (C=O) groups excluding carboxylic acids is 1. The van der Waals surface area contributed by atoms with Crippen molar-refractivity contribution in [2.75, 3.05) is 27.2 Å². The van der Waals surface area contributed by atoms with Gasteiger partial charge in [-0.3, -0.25) is 9.78 Å². The Morgan fingerprint density at radius 1 is 1.40 bits per heavy atom. The van der Waals surface area contributed by atoms with Gasteiger partial charge >= 0.3 is 5.97 Å². The van der Waals surface area contributed by atoms with Crippen LogP contribution >= 0.6 is 0 Å². The van der Waals surface area contributed by atoms with E-state index in [9.17, 15) is 9.59 Å². The molecular formula is C14H21N3O3. The molecule has 1 unspecified atom stereocenters. The van der Waals surface area contributed by atoms with Crippen LogP contribution in [0.5, 0.6) is 0 Å². The van der Waals surface area contributed by atoms with Gasteiger partial charge in [-0.25, -0.2) is 4.79 Å². The highest BCUT2D eigenvalue weighted by molar-refractivity contribution is 6.03. The van der Waals surface area contributed by atoms with Crippen molar-refractivity contribution >= 4 is 11.9 Å². The number of likely N-dealkylation sites (N-methyl/N-ethyl adjacent to an activating group) is 2. The summed E-state index contributed by atoms with van der Waals surface area (Å²) in [5.41, 5.74) is -0.0690. The van der Waals surface area contributed by atoms with E-state index >= 15 is 0 Å². The van der Waals surface area contributed by atoms with E-state index in [1.54, 1.807) is 4.90 Å². The van der Waals surface area contributed by atoms with Crippen molar-refractivity contribution in [2.45, 2.75) is 19.9 Å². The Balaban J connectivity index is 3.06. The van der Waals surface area contributed by atoms with E-state index in [1.165, 1.54) is 18.3 Å². The Morgan fingerprint density at radius 2 is 2.05 bits per heavy atom. The van der Waals surface area contributed by atoms with E-state index < -0.39 is 5.97 Å². The summed E-state index contributed by atoms with van der Waals surface area (Å²) >= 11 is 0. The molecule has 1 rings (SSSR count). The Morgan fingerprint density at radius 3 is 2.55 bits per heavy atom. The quantitative estimate of drug-likeness (QED) is 0.846. The molecule has 6 nitrogen and oxygen atoms in total. The van der Waals surface area contributed by atoms with Crippen LogP contribution in [0.4, 0.5) is 0 Å². The van der Waals surface area contributed by atoms with E-state index in [1.807, 2.05) is 32.8 Å². The average Bonchev–Trinajstić information content (AvgIpc) is 2.38. The van der Waals surface area contributed by atoms with Crippen molar-refractivity contribution in [1.82, 2.24) is 14.8 Å². The molecule has 1 aromatic heterocycles. The molecule has 0 aliphatic heterocycles. The number of hydrogen-bond donors (Lipinski definition) is 1. The molecule has 20 heavy (non-hydrogen) atoms. The summed E-state index contributed by atoms with van der Waals surface area (Å²) in [4.78, 5) is 31.2. The summed E-state index contributed by atoms with van der Waals surface area (Å²) in [5.74, 6) is -1.49. The minimum Gasteiger partial charge on any atom is -0.478 e. The molecule has 0 aliphatic rings. The number of nitrogens with zero attached hydrogens (tertiary/aromatic N) is 3. The highest BCUT2D eigenvalue weighted by Gasteiger charge is 2.25. The smallest absolute Gasteiger partial charge is 0.338 e. The number of rotatable bonds is 6. The van der Waals surface area contributed by atoms with Gasteiger partial charge < -0.3 is 14.9 Å². The molecule has 1 amide bonds. The van der Waals surface area contributed by atoms with Gasteiger partial charge in [0.1, 0.15) is 5.69 Å². The predicted octanol–water partition coefficient (Wildman–Crippen LogP) is 1.19. The molecule has 1 atom stereocenters. The minimum atomic E-state index is -1.14. The maximum absolute atomic E-state index is 12.5. The lowest BCUT2D eigenvalue weighted by atomic mass is 10.1. The van der Waals surface area contributed by atoms with Gasteiger partial charge in [0.15, 0.2) is 0 Å². The van der Waals surface area contributed by atoms with Gasteiger partial charge in [-0.05, 0) is 40.1 Å². The van der Waals surface area contributed by atoms with Crippen LogP contribution in [0.3, 0.4) is 0 Å². The first-order valence-electron chi connectivity index (χ1n) is 6.52. The molecule has 1 aromatic rings. The summed E-state index contributed by atoms with van der Waals surface area (Å²) in [6.07, 6.45) is 1.43. The van der Waals surface area contributed by atoms with E-state index in [0.717, 1.165) is 0 Å². The van der Waals surface area contributed by atoms with E-state index in [2.05, 4.69) is 4.98 Å². The number of pyridine rings is 1. The lowest BCUT2D eigenvalue weighted by molar-refractivity contribution is 0.0638. The lowest BCUT2D eigenvalue weighted by Crippen LogP contribution is -2.44. The van der Waals surface area contributed by atoms with Crippen LogP contribution in [0.2, 0.25) is 0 Å². The second-order valence-corrected chi connectivity index (χ2v) is 4.91. The molecule has 1 N–H and O–H groups in total. The van der Waals surface area contributed by atoms with Crippen molar-refractivity contribution in [3.8, 4) is 0 Å². The van der Waals surface area contributed by atoms with Crippen LogP contribution in [0.25, 0.3) is 0 Å².